The topological polar surface area (TPSA) is 24.9 Å². The summed E-state index contributed by atoms with van der Waals surface area (Å²) in [5.41, 5.74) is 2.36. The van der Waals surface area contributed by atoms with Crippen LogP contribution in [0.4, 0.5) is 0 Å². The summed E-state index contributed by atoms with van der Waals surface area (Å²) in [6.07, 6.45) is 6.91. The minimum absolute atomic E-state index is 0.592. The molecule has 0 radical (unpaired) electrons. The highest BCUT2D eigenvalue weighted by molar-refractivity contribution is 5.78. The summed E-state index contributed by atoms with van der Waals surface area (Å²) in [4.78, 5) is 4.86. The number of benzene rings is 1. The van der Waals surface area contributed by atoms with Crippen LogP contribution in [0.1, 0.15) is 31.4 Å². The fraction of sp³-hybridized carbons (Fsp3) is 0.526. The molecule has 1 aromatic heterocycles. The number of hydrogen-bond acceptors (Lipinski definition) is 2. The third-order valence-electron chi connectivity index (χ3n) is 5.77. The van der Waals surface area contributed by atoms with Crippen LogP contribution in [0.25, 0.3) is 10.9 Å². The number of pyridine rings is 1. The van der Waals surface area contributed by atoms with Crippen molar-refractivity contribution in [1.29, 1.82) is 0 Å². The van der Waals surface area contributed by atoms with Crippen LogP contribution in [-0.2, 0) is 6.42 Å². The molecule has 2 aromatic rings. The number of rotatable bonds is 4. The Bertz CT molecular complexity index is 636. The van der Waals surface area contributed by atoms with Gasteiger partial charge < -0.3 is 5.32 Å². The molecule has 4 unspecified atom stereocenters. The van der Waals surface area contributed by atoms with Crippen molar-refractivity contribution in [2.75, 3.05) is 7.05 Å². The zero-order valence-corrected chi connectivity index (χ0v) is 12.8. The van der Waals surface area contributed by atoms with Crippen LogP contribution in [0.3, 0.4) is 0 Å². The van der Waals surface area contributed by atoms with Gasteiger partial charge in [-0.3, -0.25) is 4.98 Å². The van der Waals surface area contributed by atoms with Crippen LogP contribution in [0.15, 0.2) is 36.4 Å². The quantitative estimate of drug-likeness (QED) is 0.921. The summed E-state index contributed by atoms with van der Waals surface area (Å²) in [5, 5.41) is 4.82. The van der Waals surface area contributed by atoms with Gasteiger partial charge in [0.15, 0.2) is 0 Å². The van der Waals surface area contributed by atoms with E-state index in [0.29, 0.717) is 6.04 Å². The Morgan fingerprint density at radius 2 is 2.05 bits per heavy atom. The molecule has 2 saturated carbocycles. The zero-order chi connectivity index (χ0) is 14.2. The van der Waals surface area contributed by atoms with Crippen LogP contribution in [0, 0.1) is 17.8 Å². The monoisotopic (exact) mass is 280 g/mol. The lowest BCUT2D eigenvalue weighted by molar-refractivity contribution is 0.254. The molecule has 2 bridgehead atoms. The summed E-state index contributed by atoms with van der Waals surface area (Å²) in [6, 6.07) is 13.4. The van der Waals surface area contributed by atoms with Crippen LogP contribution < -0.4 is 5.32 Å². The largest absolute Gasteiger partial charge is 0.316 e. The Balaban J connectivity index is 1.54. The van der Waals surface area contributed by atoms with Gasteiger partial charge >= 0.3 is 0 Å². The van der Waals surface area contributed by atoms with E-state index in [-0.39, 0.29) is 0 Å². The summed E-state index contributed by atoms with van der Waals surface area (Å²) in [6.45, 7) is 0. The molecule has 0 amide bonds. The minimum atomic E-state index is 0.592. The molecule has 1 N–H and O–H groups in total. The number of fused-ring (bicyclic) bond motifs is 3. The second-order valence-corrected chi connectivity index (χ2v) is 6.93. The van der Waals surface area contributed by atoms with Gasteiger partial charge in [0.25, 0.3) is 0 Å². The smallest absolute Gasteiger partial charge is 0.0705 e. The van der Waals surface area contributed by atoms with Crippen molar-refractivity contribution < 1.29 is 0 Å². The highest BCUT2D eigenvalue weighted by atomic mass is 14.9. The Morgan fingerprint density at radius 1 is 1.14 bits per heavy atom. The van der Waals surface area contributed by atoms with Gasteiger partial charge in [-0.1, -0.05) is 30.7 Å². The van der Waals surface area contributed by atoms with Crippen LogP contribution in [0.5, 0.6) is 0 Å². The SMILES string of the molecule is CNC(Cc1ccc2ccccc2n1)C1CC2CCC1C2. The van der Waals surface area contributed by atoms with E-state index in [1.54, 1.807) is 0 Å². The first-order valence-corrected chi connectivity index (χ1v) is 8.35. The van der Waals surface area contributed by atoms with E-state index >= 15 is 0 Å². The van der Waals surface area contributed by atoms with Crippen molar-refractivity contribution in [1.82, 2.24) is 10.3 Å². The van der Waals surface area contributed by atoms with Crippen LogP contribution in [0.2, 0.25) is 0 Å². The fourth-order valence-corrected chi connectivity index (χ4v) is 4.70. The van der Waals surface area contributed by atoms with Crippen molar-refractivity contribution >= 4 is 10.9 Å². The summed E-state index contributed by atoms with van der Waals surface area (Å²) < 4.78 is 0. The fourth-order valence-electron chi connectivity index (χ4n) is 4.70. The molecule has 1 heterocycles. The predicted octanol–water partition coefficient (Wildman–Crippen LogP) is 3.80. The van der Waals surface area contributed by atoms with E-state index < -0.39 is 0 Å². The van der Waals surface area contributed by atoms with Gasteiger partial charge in [0.05, 0.1) is 5.52 Å². The van der Waals surface area contributed by atoms with Gasteiger partial charge in [-0.05, 0) is 56.2 Å². The van der Waals surface area contributed by atoms with Crippen molar-refractivity contribution in [3.63, 3.8) is 0 Å². The average molecular weight is 280 g/mol. The molecule has 21 heavy (non-hydrogen) atoms. The standard InChI is InChI=1S/C19H24N2/c1-20-19(17-11-13-6-7-15(17)10-13)12-16-9-8-14-4-2-3-5-18(14)21-16/h2-5,8-9,13,15,17,19-20H,6-7,10-12H2,1H3. The third-order valence-corrected chi connectivity index (χ3v) is 5.77. The molecule has 110 valence electrons. The average Bonchev–Trinajstić information content (AvgIpc) is 3.15. The number of hydrogen-bond donors (Lipinski definition) is 1. The molecule has 0 spiro atoms. The number of nitrogens with one attached hydrogen (secondary N) is 1. The number of nitrogens with zero attached hydrogens (tertiary/aromatic N) is 1. The molecule has 2 aliphatic carbocycles. The molecule has 2 nitrogen and oxygen atoms in total. The molecule has 0 aliphatic heterocycles. The maximum atomic E-state index is 4.86. The first-order chi connectivity index (χ1) is 10.3. The van der Waals surface area contributed by atoms with Gasteiger partial charge in [0.2, 0.25) is 0 Å². The summed E-state index contributed by atoms with van der Waals surface area (Å²) in [5.74, 6) is 2.84. The van der Waals surface area contributed by atoms with E-state index in [0.717, 1.165) is 29.7 Å². The number of para-hydroxylation sites is 1. The Labute approximate surface area is 127 Å². The lowest BCUT2D eigenvalue weighted by atomic mass is 9.81. The summed E-state index contributed by atoms with van der Waals surface area (Å²) >= 11 is 0. The third kappa shape index (κ3) is 2.46. The van der Waals surface area contributed by atoms with Crippen molar-refractivity contribution in [3.8, 4) is 0 Å². The molecular weight excluding hydrogens is 256 g/mol. The molecule has 2 aliphatic rings. The zero-order valence-electron chi connectivity index (χ0n) is 12.8. The Morgan fingerprint density at radius 3 is 2.81 bits per heavy atom. The number of likely N-dealkylation sites (N-methyl/N-ethyl adjacent to an activating group) is 1. The highest BCUT2D eigenvalue weighted by Crippen LogP contribution is 2.49. The van der Waals surface area contributed by atoms with Gasteiger partial charge in [-0.2, -0.15) is 0 Å². The molecule has 1 aromatic carbocycles. The van der Waals surface area contributed by atoms with Crippen molar-refractivity contribution in [3.05, 3.63) is 42.1 Å². The van der Waals surface area contributed by atoms with Gasteiger partial charge in [0.1, 0.15) is 0 Å². The molecule has 0 saturated heterocycles. The first kappa shape index (κ1) is 13.3. The van der Waals surface area contributed by atoms with E-state index in [1.807, 2.05) is 0 Å². The Hall–Kier alpha value is -1.41. The summed E-state index contributed by atoms with van der Waals surface area (Å²) in [7, 11) is 2.12. The van der Waals surface area contributed by atoms with E-state index in [4.69, 9.17) is 4.98 Å². The lowest BCUT2D eigenvalue weighted by Gasteiger charge is -2.30. The first-order valence-electron chi connectivity index (χ1n) is 8.35. The van der Waals surface area contributed by atoms with Crippen molar-refractivity contribution in [2.45, 2.75) is 38.1 Å². The van der Waals surface area contributed by atoms with E-state index in [1.165, 1.54) is 36.8 Å². The second-order valence-electron chi connectivity index (χ2n) is 6.93. The minimum Gasteiger partial charge on any atom is -0.316 e. The van der Waals surface area contributed by atoms with Gasteiger partial charge in [0, 0.05) is 23.5 Å². The number of aromatic nitrogens is 1. The van der Waals surface area contributed by atoms with Crippen molar-refractivity contribution in [2.24, 2.45) is 17.8 Å². The highest BCUT2D eigenvalue weighted by Gasteiger charge is 2.42. The molecule has 4 rings (SSSR count). The molecular formula is C19H24N2. The van der Waals surface area contributed by atoms with E-state index in [2.05, 4.69) is 48.8 Å². The Kier molecular flexibility index (Phi) is 3.42. The van der Waals surface area contributed by atoms with Crippen LogP contribution in [-0.4, -0.2) is 18.1 Å². The van der Waals surface area contributed by atoms with Gasteiger partial charge in [-0.15, -0.1) is 0 Å². The normalized spacial score (nSPS) is 29.1. The van der Waals surface area contributed by atoms with Crippen LogP contribution >= 0.6 is 0 Å². The van der Waals surface area contributed by atoms with Gasteiger partial charge in [-0.25, -0.2) is 0 Å². The molecule has 2 heteroatoms. The predicted molar refractivity (Wildman–Crippen MR) is 87.2 cm³/mol. The van der Waals surface area contributed by atoms with E-state index in [9.17, 15) is 0 Å². The molecule has 2 fully saturated rings. The maximum Gasteiger partial charge on any atom is 0.0705 e. The molecule has 4 atom stereocenters. The maximum absolute atomic E-state index is 4.86. The second kappa shape index (κ2) is 5.42. The lowest BCUT2D eigenvalue weighted by Crippen LogP contribution is -2.38.